The fourth-order valence-corrected chi connectivity index (χ4v) is 2.15. The molecule has 2 rings (SSSR count). The first-order valence-corrected chi connectivity index (χ1v) is 6.92. The average Bonchev–Trinajstić information content (AvgIpc) is 2.67. The van der Waals surface area contributed by atoms with Crippen LogP contribution in [0.5, 0.6) is 0 Å². The van der Waals surface area contributed by atoms with E-state index in [1.54, 1.807) is 6.20 Å². The highest BCUT2D eigenvalue weighted by Crippen LogP contribution is 2.09. The Balaban J connectivity index is 1.82. The molecule has 1 aromatic rings. The van der Waals surface area contributed by atoms with Gasteiger partial charge >= 0.3 is 0 Å². The van der Waals surface area contributed by atoms with Gasteiger partial charge in [0.15, 0.2) is 0 Å². The second kappa shape index (κ2) is 6.68. The summed E-state index contributed by atoms with van der Waals surface area (Å²) in [4.78, 5) is 14.1. The molecule has 0 aromatic carbocycles. The molecule has 0 atom stereocenters. The lowest BCUT2D eigenvalue weighted by atomic mass is 10.3. The summed E-state index contributed by atoms with van der Waals surface area (Å²) in [6, 6.07) is 0.308. The maximum absolute atomic E-state index is 12.0. The van der Waals surface area contributed by atoms with E-state index in [9.17, 15) is 4.79 Å². The maximum Gasteiger partial charge on any atom is 0.238 e. The molecule has 2 N–H and O–H groups in total. The van der Waals surface area contributed by atoms with Gasteiger partial charge in [-0.15, -0.1) is 0 Å². The summed E-state index contributed by atoms with van der Waals surface area (Å²) < 4.78 is 1.84. The first-order chi connectivity index (χ1) is 9.15. The van der Waals surface area contributed by atoms with E-state index in [0.29, 0.717) is 12.6 Å². The number of carbonyl (C=O) groups is 1. The van der Waals surface area contributed by atoms with Crippen molar-refractivity contribution in [3.05, 3.63) is 12.4 Å². The van der Waals surface area contributed by atoms with Crippen molar-refractivity contribution in [3.8, 4) is 0 Å². The van der Waals surface area contributed by atoms with Crippen molar-refractivity contribution < 1.29 is 4.79 Å². The zero-order valence-electron chi connectivity index (χ0n) is 11.7. The molecular formula is C13H23N5O. The molecule has 0 bridgehead atoms. The number of hydrogen-bond donors (Lipinski definition) is 2. The summed E-state index contributed by atoms with van der Waals surface area (Å²) in [6.07, 6.45) is 4.66. The SMILES string of the molecule is CC(C)n1cc(NC(=O)CN2CCCNCC2)cn1. The number of hydrogen-bond acceptors (Lipinski definition) is 4. The van der Waals surface area contributed by atoms with Gasteiger partial charge in [-0.05, 0) is 33.4 Å². The molecular weight excluding hydrogens is 242 g/mol. The smallest absolute Gasteiger partial charge is 0.238 e. The average molecular weight is 265 g/mol. The van der Waals surface area contributed by atoms with Gasteiger partial charge in [0.2, 0.25) is 5.91 Å². The van der Waals surface area contributed by atoms with Crippen molar-refractivity contribution in [2.45, 2.75) is 26.3 Å². The molecule has 19 heavy (non-hydrogen) atoms. The van der Waals surface area contributed by atoms with Crippen LogP contribution >= 0.6 is 0 Å². The van der Waals surface area contributed by atoms with Gasteiger partial charge in [-0.25, -0.2) is 0 Å². The Hall–Kier alpha value is -1.40. The molecule has 0 unspecified atom stereocenters. The summed E-state index contributed by atoms with van der Waals surface area (Å²) in [5.74, 6) is 0.0326. The summed E-state index contributed by atoms with van der Waals surface area (Å²) in [7, 11) is 0. The second-order valence-corrected chi connectivity index (χ2v) is 5.23. The Bertz CT molecular complexity index is 407. The molecule has 1 fully saturated rings. The molecule has 1 aliphatic rings. The number of nitrogens with one attached hydrogen (secondary N) is 2. The van der Waals surface area contributed by atoms with Crippen LogP contribution in [0.2, 0.25) is 0 Å². The Morgan fingerprint density at radius 2 is 2.32 bits per heavy atom. The van der Waals surface area contributed by atoms with Gasteiger partial charge in [0, 0.05) is 25.3 Å². The highest BCUT2D eigenvalue weighted by molar-refractivity contribution is 5.91. The van der Waals surface area contributed by atoms with Gasteiger partial charge in [0.1, 0.15) is 0 Å². The van der Waals surface area contributed by atoms with Gasteiger partial charge in [0.05, 0.1) is 18.4 Å². The Kier molecular flexibility index (Phi) is 4.93. The van der Waals surface area contributed by atoms with Crippen LogP contribution in [-0.4, -0.2) is 53.3 Å². The van der Waals surface area contributed by atoms with Crippen molar-refractivity contribution >= 4 is 11.6 Å². The molecule has 106 valence electrons. The second-order valence-electron chi connectivity index (χ2n) is 5.23. The van der Waals surface area contributed by atoms with E-state index >= 15 is 0 Å². The van der Waals surface area contributed by atoms with E-state index < -0.39 is 0 Å². The summed E-state index contributed by atoms with van der Waals surface area (Å²) in [5.41, 5.74) is 0.770. The van der Waals surface area contributed by atoms with Crippen LogP contribution < -0.4 is 10.6 Å². The van der Waals surface area contributed by atoms with Crippen LogP contribution in [-0.2, 0) is 4.79 Å². The fraction of sp³-hybridized carbons (Fsp3) is 0.692. The standard InChI is InChI=1S/C13H23N5O/c1-11(2)18-9-12(8-15-18)16-13(19)10-17-6-3-4-14-5-7-17/h8-9,11,14H,3-7,10H2,1-2H3,(H,16,19). The Morgan fingerprint density at radius 3 is 3.05 bits per heavy atom. The molecule has 6 nitrogen and oxygen atoms in total. The zero-order valence-corrected chi connectivity index (χ0v) is 11.7. The van der Waals surface area contributed by atoms with Crippen LogP contribution in [0.25, 0.3) is 0 Å². The minimum atomic E-state index is 0.0326. The first-order valence-electron chi connectivity index (χ1n) is 6.92. The molecule has 2 heterocycles. The number of aromatic nitrogens is 2. The van der Waals surface area contributed by atoms with E-state index in [4.69, 9.17) is 0 Å². The molecule has 1 aliphatic heterocycles. The van der Waals surface area contributed by atoms with E-state index in [-0.39, 0.29) is 5.91 Å². The number of amides is 1. The van der Waals surface area contributed by atoms with Gasteiger partial charge in [-0.1, -0.05) is 0 Å². The largest absolute Gasteiger partial charge is 0.322 e. The Morgan fingerprint density at radius 1 is 1.47 bits per heavy atom. The molecule has 0 spiro atoms. The van der Waals surface area contributed by atoms with E-state index in [1.165, 1.54) is 0 Å². The van der Waals surface area contributed by atoms with Gasteiger partial charge in [0.25, 0.3) is 0 Å². The van der Waals surface area contributed by atoms with Crippen LogP contribution in [0.15, 0.2) is 12.4 Å². The molecule has 1 saturated heterocycles. The number of anilines is 1. The predicted molar refractivity (Wildman–Crippen MR) is 75.2 cm³/mol. The fourth-order valence-electron chi connectivity index (χ4n) is 2.15. The highest BCUT2D eigenvalue weighted by atomic mass is 16.2. The highest BCUT2D eigenvalue weighted by Gasteiger charge is 2.13. The molecule has 1 aromatic heterocycles. The monoisotopic (exact) mass is 265 g/mol. The lowest BCUT2D eigenvalue weighted by Crippen LogP contribution is -2.35. The van der Waals surface area contributed by atoms with Gasteiger partial charge in [-0.3, -0.25) is 14.4 Å². The predicted octanol–water partition coefficient (Wildman–Crippen LogP) is 0.698. The van der Waals surface area contributed by atoms with Gasteiger partial charge in [-0.2, -0.15) is 5.10 Å². The quantitative estimate of drug-likeness (QED) is 0.841. The zero-order chi connectivity index (χ0) is 13.7. The summed E-state index contributed by atoms with van der Waals surface area (Å²) in [5, 5.41) is 10.4. The van der Waals surface area contributed by atoms with E-state index in [1.807, 2.05) is 10.9 Å². The maximum atomic E-state index is 12.0. The van der Waals surface area contributed by atoms with E-state index in [2.05, 4.69) is 34.5 Å². The number of rotatable bonds is 4. The third-order valence-electron chi connectivity index (χ3n) is 3.21. The van der Waals surface area contributed by atoms with Crippen molar-refractivity contribution in [1.82, 2.24) is 20.0 Å². The first kappa shape index (κ1) is 14.0. The molecule has 6 heteroatoms. The third-order valence-corrected chi connectivity index (χ3v) is 3.21. The van der Waals surface area contributed by atoms with Crippen molar-refractivity contribution in [2.24, 2.45) is 0 Å². The minimum absolute atomic E-state index is 0.0326. The van der Waals surface area contributed by atoms with Crippen molar-refractivity contribution in [1.29, 1.82) is 0 Å². The third kappa shape index (κ3) is 4.33. The summed E-state index contributed by atoms with van der Waals surface area (Å²) in [6.45, 7) is 8.47. The topological polar surface area (TPSA) is 62.2 Å². The van der Waals surface area contributed by atoms with E-state index in [0.717, 1.165) is 38.3 Å². The number of nitrogens with zero attached hydrogens (tertiary/aromatic N) is 3. The normalized spacial score (nSPS) is 17.4. The van der Waals surface area contributed by atoms with Crippen LogP contribution in [0.3, 0.4) is 0 Å². The molecule has 0 aliphatic carbocycles. The van der Waals surface area contributed by atoms with Crippen molar-refractivity contribution in [3.63, 3.8) is 0 Å². The Labute approximate surface area is 114 Å². The lowest BCUT2D eigenvalue weighted by Gasteiger charge is -2.18. The van der Waals surface area contributed by atoms with Crippen LogP contribution in [0, 0.1) is 0 Å². The number of carbonyl (C=O) groups excluding carboxylic acids is 1. The lowest BCUT2D eigenvalue weighted by molar-refractivity contribution is -0.117. The van der Waals surface area contributed by atoms with Crippen LogP contribution in [0.4, 0.5) is 5.69 Å². The summed E-state index contributed by atoms with van der Waals surface area (Å²) >= 11 is 0. The molecule has 1 amide bonds. The van der Waals surface area contributed by atoms with Gasteiger partial charge < -0.3 is 10.6 Å². The molecule has 0 saturated carbocycles. The van der Waals surface area contributed by atoms with Crippen molar-refractivity contribution in [2.75, 3.05) is 38.0 Å². The van der Waals surface area contributed by atoms with Crippen LogP contribution in [0.1, 0.15) is 26.3 Å². The molecule has 0 radical (unpaired) electrons. The minimum Gasteiger partial charge on any atom is -0.322 e.